The summed E-state index contributed by atoms with van der Waals surface area (Å²) in [6.45, 7) is -0.811. The maximum Gasteiger partial charge on any atom is 0.407 e. The molecule has 6 aromatic carbocycles. The van der Waals surface area contributed by atoms with Gasteiger partial charge in [0.2, 0.25) is 15.2 Å². The molecular weight excluding hydrogens is 2000 g/mol. The first-order valence-electron chi connectivity index (χ1n) is 41.9. The van der Waals surface area contributed by atoms with Crippen LogP contribution in [0.4, 0.5) is 19.2 Å². The number of hydrogen-bond donors (Lipinski definition) is 5. The zero-order valence-electron chi connectivity index (χ0n) is 71.6. The van der Waals surface area contributed by atoms with Crippen LogP contribution < -0.4 is 21.3 Å². The van der Waals surface area contributed by atoms with Crippen LogP contribution in [0.1, 0.15) is 67.4 Å². The van der Waals surface area contributed by atoms with Crippen molar-refractivity contribution in [3.05, 3.63) is 215 Å². The quantitative estimate of drug-likeness (QED) is 0.0135. The van der Waals surface area contributed by atoms with Gasteiger partial charge in [-0.1, -0.05) is 321 Å². The van der Waals surface area contributed by atoms with E-state index in [1.54, 1.807) is 184 Å². The Balaban J connectivity index is 1.11. The Morgan fingerprint density at radius 1 is 0.368 bits per heavy atom. The van der Waals surface area contributed by atoms with Crippen molar-refractivity contribution in [2.75, 3.05) is 66.1 Å². The molecule has 0 bridgehead atoms. The summed E-state index contributed by atoms with van der Waals surface area (Å²) in [5.41, 5.74) is 3.69. The van der Waals surface area contributed by atoms with Gasteiger partial charge < -0.3 is 131 Å². The molecule has 4 unspecified atom stereocenters. The van der Waals surface area contributed by atoms with E-state index < -0.39 is 245 Å². The zero-order valence-corrected chi connectivity index (χ0v) is 80.7. The lowest BCUT2D eigenvalue weighted by Crippen LogP contribution is -2.73. The van der Waals surface area contributed by atoms with Crippen LogP contribution >= 0.6 is 139 Å². The maximum absolute atomic E-state index is 15.2. The molecule has 23 atom stereocenters. The van der Waals surface area contributed by atoms with E-state index in [0.717, 1.165) is 0 Å². The second kappa shape index (κ2) is 52.4. The molecule has 5 N–H and O–H groups in total. The molecule has 6 aromatic rings. The summed E-state index contributed by atoms with van der Waals surface area (Å²) in [7, 11) is 0. The molecule has 0 spiro atoms. The fraction of sp³-hybridized carbons (Fsp3) is 0.523. The Hall–Kier alpha value is -5.86. The molecule has 5 aliphatic rings. The van der Waals surface area contributed by atoms with Crippen LogP contribution in [-0.2, 0) is 147 Å². The number of rotatable bonds is 41. The molecule has 0 radical (unpaired) electrons. The average molecular weight is 2100 g/mol. The lowest BCUT2D eigenvalue weighted by atomic mass is 9.92. The van der Waals surface area contributed by atoms with Crippen molar-refractivity contribution in [2.45, 2.75) is 217 Å². The standard InChI is InChI=1S/C88H100Cl12N4O29/c1-5-115-74(105)50(3)124-72-62(101-81(108)120-46-85(89,90)91)76(107)126-58(42-112-37-52-25-13-7-14-26-52)68(72)132-78-63(102-82(109)121-47-86(92,93)94)70(117-40-55-31-19-10-20-32-55)66(59(127-78)43-113-38-53-27-15-8-16-28-53)131-80-65(104-84(111)123-49-88(98,99)100)73(125-51(4)75(106)116-6-2)69(60(128-80)44-114-39-54-29-17-9-18-30-54)133-79-64(103-83(110)122-48-87(95,96)97)71(118-41-56-33-21-11-22-34-56)67-61(129-79)45-119-77(130-67)57-35-23-12-24-36-57/h7-36,50-51,58-73,76-80,107H,5-6,37-49H2,1-4H3,(H,101,108)(H,102,109)(H,103,110)(H,104,111)/t50?,51?,58-,59-,60-,61-,62-,63-,64-,65-,66-,67-,68-,69-,70-,71-,72-,73-,76?,77?,78+,79+,80+/m1/s1. The van der Waals surface area contributed by atoms with Crippen LogP contribution in [-0.4, -0.2) is 257 Å². The molecular formula is C88H100Cl12N4O29. The number of amides is 4. The minimum atomic E-state index is -2.28. The van der Waals surface area contributed by atoms with Crippen LogP contribution in [0, 0.1) is 0 Å². The molecule has 4 amide bonds. The SMILES string of the molecule is CCOC(=O)C(C)O[C@@H]1[C@@H](NC(=O)OCC(Cl)(Cl)Cl)[C@H](O[C@H]2[C@H](OCc3ccccc3)[C@@H](NC(=O)OCC(Cl)(Cl)Cl)[C@H](O[C@H]3[C@H](OC(C)C(=O)OCC)[C@@H](NC(=O)OCC(Cl)(Cl)Cl)C(O)O[C@@H]3COCc3ccccc3)O[C@@H]2COCc2ccccc2)O[C@H](COCc2ccccc2)[C@H]1O[C@@H]1O[C@@H]2COC(c3ccccc3)O[C@H]2[C@H](OCc2ccccc2)[C@H]1NC(=O)OCC(Cl)(Cl)Cl. The summed E-state index contributed by atoms with van der Waals surface area (Å²) < 4.78 is 135. The highest BCUT2D eigenvalue weighted by Crippen LogP contribution is 2.43. The van der Waals surface area contributed by atoms with Crippen molar-refractivity contribution in [1.82, 2.24) is 21.3 Å². The number of alkyl halides is 12. The first kappa shape index (κ1) is 108. The molecule has 5 fully saturated rings. The fourth-order valence-electron chi connectivity index (χ4n) is 14.7. The van der Waals surface area contributed by atoms with E-state index in [2.05, 4.69) is 21.3 Å². The number of halogens is 12. The Kier molecular flexibility index (Phi) is 42.4. The Morgan fingerprint density at radius 2 is 0.669 bits per heavy atom. The predicted octanol–water partition coefficient (Wildman–Crippen LogP) is 14.5. The average Bonchev–Trinajstić information content (AvgIpc) is 0.754. The largest absolute Gasteiger partial charge is 0.464 e. The number of hydrogen-bond acceptors (Lipinski definition) is 29. The number of fused-ring (bicyclic) bond motifs is 1. The molecule has 5 aliphatic heterocycles. The highest BCUT2D eigenvalue weighted by molar-refractivity contribution is 6.69. The molecule has 11 rings (SSSR count). The van der Waals surface area contributed by atoms with Crippen LogP contribution in [0.25, 0.3) is 0 Å². The van der Waals surface area contributed by atoms with E-state index >= 15 is 9.59 Å². The number of ether oxygens (including phenoxy) is 22. The number of carbonyl (C=O) groups excluding carboxylic acids is 6. The summed E-state index contributed by atoms with van der Waals surface area (Å²) in [4.78, 5) is 87.6. The van der Waals surface area contributed by atoms with Gasteiger partial charge in [0.15, 0.2) is 43.7 Å². The Morgan fingerprint density at radius 3 is 1.03 bits per heavy atom. The zero-order chi connectivity index (χ0) is 95.4. The van der Waals surface area contributed by atoms with Gasteiger partial charge in [-0.05, 0) is 55.5 Å². The van der Waals surface area contributed by atoms with Crippen LogP contribution in [0.2, 0.25) is 0 Å². The molecule has 0 aliphatic carbocycles. The first-order chi connectivity index (χ1) is 63.5. The van der Waals surface area contributed by atoms with E-state index in [-0.39, 0.29) is 46.2 Å². The third-order valence-electron chi connectivity index (χ3n) is 20.6. The number of alkyl carbamates (subject to hydrolysis) is 4. The van der Waals surface area contributed by atoms with E-state index in [1.165, 1.54) is 13.8 Å². The van der Waals surface area contributed by atoms with E-state index in [1.807, 2.05) is 12.1 Å². The third-order valence-corrected chi connectivity index (χ3v) is 21.9. The molecule has 33 nitrogen and oxygen atoms in total. The second-order valence-corrected chi connectivity index (χ2v) is 40.7. The maximum atomic E-state index is 15.2. The Bertz CT molecular complexity index is 4540. The minimum absolute atomic E-state index is 0.0898. The number of carbonyl (C=O) groups is 6. The highest BCUT2D eigenvalue weighted by Gasteiger charge is 2.61. The van der Waals surface area contributed by atoms with Crippen molar-refractivity contribution in [2.24, 2.45) is 0 Å². The molecule has 0 aromatic heterocycles. The van der Waals surface area contributed by atoms with Gasteiger partial charge in [0, 0.05) is 5.56 Å². The summed E-state index contributed by atoms with van der Waals surface area (Å²) in [6, 6.07) is 45.9. The minimum Gasteiger partial charge on any atom is -0.464 e. The van der Waals surface area contributed by atoms with E-state index in [4.69, 9.17) is 243 Å². The van der Waals surface area contributed by atoms with Gasteiger partial charge in [-0.15, -0.1) is 0 Å². The molecule has 730 valence electrons. The highest BCUT2D eigenvalue weighted by atomic mass is 35.6. The van der Waals surface area contributed by atoms with Gasteiger partial charge >= 0.3 is 36.3 Å². The lowest BCUT2D eigenvalue weighted by molar-refractivity contribution is -0.381. The van der Waals surface area contributed by atoms with E-state index in [9.17, 15) is 24.3 Å². The number of aliphatic hydroxyl groups excluding tert-OH is 1. The smallest absolute Gasteiger partial charge is 0.407 e. The van der Waals surface area contributed by atoms with Crippen LogP contribution in [0.3, 0.4) is 0 Å². The van der Waals surface area contributed by atoms with Crippen molar-refractivity contribution in [1.29, 1.82) is 0 Å². The molecule has 5 saturated heterocycles. The summed E-state index contributed by atoms with van der Waals surface area (Å²) in [5, 5.41) is 23.2. The van der Waals surface area contributed by atoms with Crippen molar-refractivity contribution < 1.29 is 138 Å². The monoisotopic (exact) mass is 2100 g/mol. The van der Waals surface area contributed by atoms with Gasteiger partial charge in [0.05, 0.1) is 72.7 Å². The van der Waals surface area contributed by atoms with Crippen molar-refractivity contribution >= 4 is 176 Å². The summed E-state index contributed by atoms with van der Waals surface area (Å²) in [6.07, 6.45) is -37.2. The van der Waals surface area contributed by atoms with Gasteiger partial charge in [-0.3, -0.25) is 0 Å². The number of esters is 2. The second-order valence-electron chi connectivity index (χ2n) is 30.6. The van der Waals surface area contributed by atoms with Crippen LogP contribution in [0.15, 0.2) is 182 Å². The number of aliphatic hydroxyl groups is 1. The van der Waals surface area contributed by atoms with E-state index in [0.29, 0.717) is 33.4 Å². The number of nitrogens with one attached hydrogen (secondary N) is 4. The fourth-order valence-corrected chi connectivity index (χ4v) is 15.3. The lowest BCUT2D eigenvalue weighted by Gasteiger charge is -2.53. The molecule has 0 saturated carbocycles. The topological polar surface area (TPSA) is 374 Å². The van der Waals surface area contributed by atoms with Crippen molar-refractivity contribution in [3.63, 3.8) is 0 Å². The van der Waals surface area contributed by atoms with Gasteiger partial charge in [-0.2, -0.15) is 0 Å². The summed E-state index contributed by atoms with van der Waals surface area (Å²) >= 11 is 74.7. The van der Waals surface area contributed by atoms with Gasteiger partial charge in [0.1, 0.15) is 124 Å². The molecule has 45 heteroatoms. The van der Waals surface area contributed by atoms with Crippen LogP contribution in [0.5, 0.6) is 0 Å². The Labute approximate surface area is 827 Å². The van der Waals surface area contributed by atoms with Gasteiger partial charge in [0.25, 0.3) is 0 Å². The molecule has 5 heterocycles. The third kappa shape index (κ3) is 34.6. The number of benzene rings is 6. The normalized spacial score (nSPS) is 27.2. The predicted molar refractivity (Wildman–Crippen MR) is 486 cm³/mol. The molecule has 133 heavy (non-hydrogen) atoms. The van der Waals surface area contributed by atoms with Crippen molar-refractivity contribution in [3.8, 4) is 0 Å². The first-order valence-corrected chi connectivity index (χ1v) is 46.5. The van der Waals surface area contributed by atoms with Gasteiger partial charge in [-0.25, -0.2) is 28.8 Å². The summed E-state index contributed by atoms with van der Waals surface area (Å²) in [5.74, 6) is -1.90.